The Hall–Kier alpha value is 1.60. The van der Waals surface area contributed by atoms with Crippen molar-refractivity contribution in [1.29, 1.82) is 0 Å². The zero-order chi connectivity index (χ0) is 29.8. The number of benzene rings is 2. The molecule has 234 valence electrons. The molecule has 6 saturated heterocycles. The smallest absolute Gasteiger partial charge is 0.540 e. The summed E-state index contributed by atoms with van der Waals surface area (Å²) in [5.41, 5.74) is 7.32. The average molecular weight is 667 g/mol. The minimum Gasteiger partial charge on any atom is -0.540 e. The largest absolute Gasteiger partial charge is 1.00 e. The van der Waals surface area contributed by atoms with Gasteiger partial charge >= 0.3 is 116 Å². The summed E-state index contributed by atoms with van der Waals surface area (Å²) in [7, 11) is 0. The second-order valence-electron chi connectivity index (χ2n) is 15.1. The molecule has 0 spiro atoms. The van der Waals surface area contributed by atoms with Gasteiger partial charge in [-0.3, -0.25) is 0 Å². The van der Waals surface area contributed by atoms with Crippen molar-refractivity contribution in [3.05, 3.63) is 47.5 Å². The third kappa shape index (κ3) is 6.96. The maximum absolute atomic E-state index is 6.39. The van der Waals surface area contributed by atoms with E-state index >= 15 is 0 Å². The number of rotatable bonds is 12. The first-order valence-electron chi connectivity index (χ1n) is 17.2. The van der Waals surface area contributed by atoms with Gasteiger partial charge in [-0.25, -0.2) is 0 Å². The standard InChI is InChI=1S/C35H50B2O6.2K/c1-5-7-9-11-17-35(18-12-10-8-6-2)31-19-27(36-38-21-33(3,22-39-36)23-40-36)13-15-29(31)30-16-14-28(20-32(30)35)37-41-24-34(4,25-42-37)26-43-37;;/h13-16,19-20H,5-12,17-18,21-26H2,1-4H3;;/q-2;2*+1. The van der Waals surface area contributed by atoms with Gasteiger partial charge in [0.1, 0.15) is 0 Å². The normalized spacial score (nSPS) is 32.0. The molecule has 6 heterocycles. The van der Waals surface area contributed by atoms with Crippen molar-refractivity contribution in [2.24, 2.45) is 10.8 Å². The second kappa shape index (κ2) is 15.1. The summed E-state index contributed by atoms with van der Waals surface area (Å²) in [6, 6.07) is 13.8. The molecule has 9 rings (SSSR count). The average Bonchev–Trinajstić information content (AvgIpc) is 3.31. The maximum atomic E-state index is 6.39. The Morgan fingerprint density at radius 3 is 1.22 bits per heavy atom. The molecule has 2 aromatic carbocycles. The maximum Gasteiger partial charge on any atom is 1.00 e. The second-order valence-corrected chi connectivity index (χ2v) is 15.1. The van der Waals surface area contributed by atoms with Gasteiger partial charge in [-0.2, -0.15) is 0 Å². The third-order valence-corrected chi connectivity index (χ3v) is 11.0. The van der Waals surface area contributed by atoms with Crippen LogP contribution in [-0.4, -0.2) is 53.2 Å². The molecule has 6 nitrogen and oxygen atoms in total. The van der Waals surface area contributed by atoms with E-state index in [2.05, 4.69) is 64.1 Å². The number of unbranched alkanes of at least 4 members (excludes halogenated alkanes) is 6. The molecule has 0 aromatic heterocycles. The zero-order valence-electron chi connectivity index (χ0n) is 28.9. The van der Waals surface area contributed by atoms with Crippen molar-refractivity contribution in [1.82, 2.24) is 0 Å². The van der Waals surface area contributed by atoms with Gasteiger partial charge in [-0.1, -0.05) is 115 Å². The monoisotopic (exact) mass is 666 g/mol. The van der Waals surface area contributed by atoms with Crippen LogP contribution in [0.15, 0.2) is 36.4 Å². The molecule has 0 radical (unpaired) electrons. The van der Waals surface area contributed by atoms with Gasteiger partial charge in [-0.15, -0.1) is 10.9 Å². The molecule has 4 bridgehead atoms. The zero-order valence-corrected chi connectivity index (χ0v) is 35.1. The summed E-state index contributed by atoms with van der Waals surface area (Å²) < 4.78 is 38.4. The minimum atomic E-state index is -1.93. The van der Waals surface area contributed by atoms with Crippen molar-refractivity contribution in [2.75, 3.05) is 39.6 Å². The van der Waals surface area contributed by atoms with Crippen molar-refractivity contribution in [2.45, 2.75) is 97.3 Å². The van der Waals surface area contributed by atoms with E-state index in [9.17, 15) is 0 Å². The van der Waals surface area contributed by atoms with Gasteiger partial charge in [0.2, 0.25) is 0 Å². The van der Waals surface area contributed by atoms with Gasteiger partial charge < -0.3 is 27.9 Å². The molecule has 7 aliphatic rings. The molecule has 0 unspecified atom stereocenters. The fraction of sp³-hybridized carbons (Fsp3) is 0.657. The van der Waals surface area contributed by atoms with Crippen LogP contribution < -0.4 is 114 Å². The molecular formula is C35H50B2K2O6. The minimum absolute atomic E-state index is 0. The van der Waals surface area contributed by atoms with Crippen LogP contribution in [-0.2, 0) is 33.3 Å². The Balaban J connectivity index is 0.00000200. The Labute approximate surface area is 356 Å². The van der Waals surface area contributed by atoms with Gasteiger partial charge in [-0.05, 0) is 35.1 Å². The third-order valence-electron chi connectivity index (χ3n) is 11.0. The molecule has 0 N–H and O–H groups in total. The van der Waals surface area contributed by atoms with Crippen LogP contribution >= 0.6 is 0 Å². The number of fused-ring (bicyclic) bond motifs is 9. The molecule has 2 aromatic rings. The van der Waals surface area contributed by atoms with Crippen molar-refractivity contribution in [3.63, 3.8) is 0 Å². The van der Waals surface area contributed by atoms with E-state index in [-0.39, 0.29) is 119 Å². The van der Waals surface area contributed by atoms with E-state index in [4.69, 9.17) is 27.9 Å². The van der Waals surface area contributed by atoms with Crippen molar-refractivity contribution >= 4 is 24.4 Å². The molecule has 0 atom stereocenters. The molecule has 0 saturated carbocycles. The molecule has 10 heteroatoms. The molecule has 45 heavy (non-hydrogen) atoms. The summed E-state index contributed by atoms with van der Waals surface area (Å²) >= 11 is 0. The fourth-order valence-corrected chi connectivity index (χ4v) is 8.32. The molecule has 0 amide bonds. The molecular weight excluding hydrogens is 616 g/mol. The summed E-state index contributed by atoms with van der Waals surface area (Å²) in [6.07, 6.45) is 12.1. The van der Waals surface area contributed by atoms with Crippen LogP contribution in [0.25, 0.3) is 11.1 Å². The van der Waals surface area contributed by atoms with Crippen LogP contribution in [0.2, 0.25) is 0 Å². The summed E-state index contributed by atoms with van der Waals surface area (Å²) in [6.45, 7) is 9.14. The summed E-state index contributed by atoms with van der Waals surface area (Å²) in [4.78, 5) is 0. The van der Waals surface area contributed by atoms with E-state index in [1.54, 1.807) is 0 Å². The van der Waals surface area contributed by atoms with Gasteiger partial charge in [0.25, 0.3) is 0 Å². The van der Waals surface area contributed by atoms with Gasteiger partial charge in [0.15, 0.2) is 0 Å². The predicted octanol–water partition coefficient (Wildman–Crippen LogP) is 0.360. The topological polar surface area (TPSA) is 55.4 Å². The van der Waals surface area contributed by atoms with Crippen LogP contribution in [0, 0.1) is 10.8 Å². The van der Waals surface area contributed by atoms with E-state index in [0.717, 1.165) is 23.8 Å². The van der Waals surface area contributed by atoms with Crippen LogP contribution in [0.4, 0.5) is 0 Å². The predicted molar refractivity (Wildman–Crippen MR) is 173 cm³/mol. The summed E-state index contributed by atoms with van der Waals surface area (Å²) in [5, 5.41) is 0. The van der Waals surface area contributed by atoms with Gasteiger partial charge in [0, 0.05) is 55.9 Å². The number of hydrogen-bond acceptors (Lipinski definition) is 6. The summed E-state index contributed by atoms with van der Waals surface area (Å²) in [5.74, 6) is 0. The van der Waals surface area contributed by atoms with E-state index in [0.29, 0.717) is 39.6 Å². The number of hydrogen-bond donors (Lipinski definition) is 0. The van der Waals surface area contributed by atoms with Gasteiger partial charge in [0.05, 0.1) is 0 Å². The van der Waals surface area contributed by atoms with Crippen LogP contribution in [0.5, 0.6) is 0 Å². The quantitative estimate of drug-likeness (QED) is 0.241. The Morgan fingerprint density at radius 2 is 0.889 bits per heavy atom. The van der Waals surface area contributed by atoms with E-state index in [1.807, 2.05) is 0 Å². The van der Waals surface area contributed by atoms with Crippen molar-refractivity contribution < 1.29 is 131 Å². The first kappa shape index (κ1) is 37.8. The Kier molecular flexibility index (Phi) is 12.7. The SMILES string of the molecule is CCCCCCC1(CCCCCC)c2cc([B-]34OCC(C)(CO3)CO4)ccc2-c2ccc([B-]34OCC(C)(CO3)CO4)cc21.[K+].[K+]. The van der Waals surface area contributed by atoms with E-state index < -0.39 is 13.5 Å². The van der Waals surface area contributed by atoms with Crippen LogP contribution in [0.1, 0.15) is 103 Å². The first-order valence-corrected chi connectivity index (χ1v) is 17.2. The Morgan fingerprint density at radius 1 is 0.533 bits per heavy atom. The van der Waals surface area contributed by atoms with E-state index in [1.165, 1.54) is 73.6 Å². The molecule has 1 aliphatic carbocycles. The molecule has 6 fully saturated rings. The Bertz CT molecular complexity index is 1200. The van der Waals surface area contributed by atoms with Crippen molar-refractivity contribution in [3.8, 4) is 11.1 Å². The van der Waals surface area contributed by atoms with Crippen LogP contribution in [0.3, 0.4) is 0 Å². The fourth-order valence-electron chi connectivity index (χ4n) is 8.32. The first-order chi connectivity index (χ1) is 20.8. The molecule has 6 aliphatic heterocycles.